The van der Waals surface area contributed by atoms with E-state index in [0.29, 0.717) is 11.6 Å². The van der Waals surface area contributed by atoms with Gasteiger partial charge in [0.2, 0.25) is 11.8 Å². The van der Waals surface area contributed by atoms with Crippen LogP contribution in [-0.4, -0.2) is 31.4 Å². The second-order valence-corrected chi connectivity index (χ2v) is 9.14. The highest BCUT2D eigenvalue weighted by Crippen LogP contribution is 2.23. The quantitative estimate of drug-likeness (QED) is 0.367. The molecule has 0 saturated carbocycles. The highest BCUT2D eigenvalue weighted by Gasteiger charge is 2.19. The van der Waals surface area contributed by atoms with Gasteiger partial charge in [0.25, 0.3) is 15.9 Å². The molecule has 3 aromatic rings. The van der Waals surface area contributed by atoms with E-state index in [-0.39, 0.29) is 21.4 Å². The number of carbonyl (C=O) groups is 1. The first-order valence-corrected chi connectivity index (χ1v) is 12.0. The van der Waals surface area contributed by atoms with Crippen LogP contribution in [0, 0.1) is 0 Å². The summed E-state index contributed by atoms with van der Waals surface area (Å²) in [7, 11) is -2.49. The Bertz CT molecular complexity index is 1220. The maximum absolute atomic E-state index is 12.9. The predicted molar refractivity (Wildman–Crippen MR) is 127 cm³/mol. The number of carbonyl (C=O) groups excluding carboxylic acids is 1. The van der Waals surface area contributed by atoms with E-state index in [4.69, 9.17) is 16.3 Å². The molecule has 3 rings (SSSR count). The van der Waals surface area contributed by atoms with Gasteiger partial charge in [0, 0.05) is 18.0 Å². The van der Waals surface area contributed by atoms with Crippen molar-refractivity contribution in [3.63, 3.8) is 0 Å². The summed E-state index contributed by atoms with van der Waals surface area (Å²) < 4.78 is 33.2. The molecule has 0 fully saturated rings. The Morgan fingerprint density at radius 1 is 1.12 bits per heavy atom. The third-order valence-electron chi connectivity index (χ3n) is 4.64. The summed E-state index contributed by atoms with van der Waals surface area (Å²) in [5.74, 6) is -0.271. The van der Waals surface area contributed by atoms with Crippen LogP contribution in [0.5, 0.6) is 5.88 Å². The highest BCUT2D eigenvalue weighted by molar-refractivity contribution is 7.92. The average Bonchev–Trinajstić information content (AvgIpc) is 2.82. The molecular formula is C22H24ClN5O4S. The van der Waals surface area contributed by atoms with Crippen molar-refractivity contribution >= 4 is 39.2 Å². The fraction of sp³-hybridized carbons (Fsp3) is 0.227. The molecule has 1 heterocycles. The fourth-order valence-electron chi connectivity index (χ4n) is 2.88. The molecule has 0 aliphatic rings. The van der Waals surface area contributed by atoms with Gasteiger partial charge in [-0.15, -0.1) is 0 Å². The zero-order valence-corrected chi connectivity index (χ0v) is 19.7. The third-order valence-corrected chi connectivity index (χ3v) is 6.35. The van der Waals surface area contributed by atoms with Crippen molar-refractivity contribution in [1.82, 2.24) is 15.4 Å². The van der Waals surface area contributed by atoms with Gasteiger partial charge in [-0.1, -0.05) is 37.1 Å². The minimum absolute atomic E-state index is 0.0372. The van der Waals surface area contributed by atoms with Crippen LogP contribution < -0.4 is 20.3 Å². The van der Waals surface area contributed by atoms with Crippen LogP contribution in [0.3, 0.4) is 0 Å². The van der Waals surface area contributed by atoms with Crippen molar-refractivity contribution in [2.24, 2.45) is 0 Å². The first kappa shape index (κ1) is 24.3. The third kappa shape index (κ3) is 6.56. The van der Waals surface area contributed by atoms with Crippen LogP contribution in [-0.2, 0) is 16.4 Å². The number of sulfonamides is 1. The minimum atomic E-state index is -3.94. The predicted octanol–water partition coefficient (Wildman–Crippen LogP) is 4.04. The molecule has 1 aromatic heterocycles. The van der Waals surface area contributed by atoms with Gasteiger partial charge in [0.05, 0.1) is 22.6 Å². The topological polar surface area (TPSA) is 122 Å². The lowest BCUT2D eigenvalue weighted by molar-refractivity contribution is 0.0962. The largest absolute Gasteiger partial charge is 0.481 e. The number of benzene rings is 2. The summed E-state index contributed by atoms with van der Waals surface area (Å²) in [5.41, 5.74) is 6.45. The zero-order chi connectivity index (χ0) is 23.8. The number of hydrogen-bond acceptors (Lipinski definition) is 7. The van der Waals surface area contributed by atoms with Gasteiger partial charge < -0.3 is 4.74 Å². The lowest BCUT2D eigenvalue weighted by Crippen LogP contribution is -2.30. The summed E-state index contributed by atoms with van der Waals surface area (Å²) in [5, 5.41) is 0.0834. The van der Waals surface area contributed by atoms with Gasteiger partial charge >= 0.3 is 0 Å². The number of nitrogens with one attached hydrogen (secondary N) is 3. The van der Waals surface area contributed by atoms with Gasteiger partial charge in [-0.05, 0) is 48.7 Å². The van der Waals surface area contributed by atoms with Crippen molar-refractivity contribution in [3.8, 4) is 5.88 Å². The number of methoxy groups -OCH3 is 1. The van der Waals surface area contributed by atoms with Crippen LogP contribution in [0.15, 0.2) is 59.6 Å². The number of unbranched alkanes of at least 4 members (excludes halogenated alkanes) is 1. The SMILES string of the molecule is CCCCc1ccc(NS(=O)(=O)c2ccc(Cl)c(C(=O)NNc3nccc(OC)n3)c2)cc1. The molecule has 0 saturated heterocycles. The van der Waals surface area contributed by atoms with Crippen LogP contribution in [0.2, 0.25) is 5.02 Å². The molecule has 33 heavy (non-hydrogen) atoms. The Balaban J connectivity index is 1.73. The Morgan fingerprint density at radius 3 is 2.58 bits per heavy atom. The molecule has 1 amide bonds. The first-order chi connectivity index (χ1) is 15.8. The molecule has 0 aliphatic carbocycles. The number of hydrazine groups is 1. The summed E-state index contributed by atoms with van der Waals surface area (Å²) in [6, 6.07) is 12.6. The monoisotopic (exact) mass is 489 g/mol. The number of rotatable bonds is 10. The van der Waals surface area contributed by atoms with Crippen molar-refractivity contribution in [3.05, 3.63) is 70.9 Å². The van der Waals surface area contributed by atoms with Crippen LogP contribution in [0.25, 0.3) is 0 Å². The Morgan fingerprint density at radius 2 is 1.88 bits per heavy atom. The number of aryl methyl sites for hydroxylation is 1. The first-order valence-electron chi connectivity index (χ1n) is 10.2. The van der Waals surface area contributed by atoms with Gasteiger partial charge in [-0.3, -0.25) is 20.4 Å². The Kier molecular flexibility index (Phi) is 8.07. The van der Waals surface area contributed by atoms with E-state index in [2.05, 4.69) is 32.5 Å². The van der Waals surface area contributed by atoms with Crippen LogP contribution >= 0.6 is 11.6 Å². The van der Waals surface area contributed by atoms with E-state index < -0.39 is 15.9 Å². The standard InChI is InChI=1S/C22H24ClN5O4S/c1-3-4-5-15-6-8-16(9-7-15)28-33(30,31)17-10-11-19(23)18(14-17)21(29)26-27-22-24-13-12-20(25-22)32-2/h6-14,28H,3-5H2,1-2H3,(H,26,29)(H,24,25,27). The zero-order valence-electron chi connectivity index (χ0n) is 18.1. The molecule has 174 valence electrons. The molecule has 0 bridgehead atoms. The molecule has 0 unspecified atom stereocenters. The number of ether oxygens (including phenoxy) is 1. The van der Waals surface area contributed by atoms with E-state index in [1.807, 2.05) is 12.1 Å². The molecule has 0 aliphatic heterocycles. The maximum atomic E-state index is 12.9. The molecule has 9 nitrogen and oxygen atoms in total. The number of hydrogen-bond donors (Lipinski definition) is 3. The second kappa shape index (κ2) is 11.0. The van der Waals surface area contributed by atoms with E-state index in [9.17, 15) is 13.2 Å². The van der Waals surface area contributed by atoms with Gasteiger partial charge in [0.1, 0.15) is 0 Å². The number of nitrogens with zero attached hydrogens (tertiary/aromatic N) is 2. The number of halogens is 1. The normalized spacial score (nSPS) is 11.0. The van der Waals surface area contributed by atoms with E-state index in [1.165, 1.54) is 31.5 Å². The maximum Gasteiger partial charge on any atom is 0.271 e. The smallest absolute Gasteiger partial charge is 0.271 e. The minimum Gasteiger partial charge on any atom is -0.481 e. The molecule has 11 heteroatoms. The Hall–Kier alpha value is -3.37. The van der Waals surface area contributed by atoms with Crippen molar-refractivity contribution in [1.29, 1.82) is 0 Å². The lowest BCUT2D eigenvalue weighted by atomic mass is 10.1. The number of anilines is 2. The van der Waals surface area contributed by atoms with E-state index in [0.717, 1.165) is 24.8 Å². The summed E-state index contributed by atoms with van der Waals surface area (Å²) in [6.07, 6.45) is 4.54. The molecule has 0 spiro atoms. The molecular weight excluding hydrogens is 466 g/mol. The van der Waals surface area contributed by atoms with Crippen LogP contribution in [0.1, 0.15) is 35.7 Å². The second-order valence-electron chi connectivity index (χ2n) is 7.05. The number of amides is 1. The van der Waals surface area contributed by atoms with Gasteiger partial charge in [0.15, 0.2) is 0 Å². The molecule has 3 N–H and O–H groups in total. The summed E-state index contributed by atoms with van der Waals surface area (Å²) >= 11 is 6.13. The van der Waals surface area contributed by atoms with Gasteiger partial charge in [-0.25, -0.2) is 13.4 Å². The molecule has 2 aromatic carbocycles. The molecule has 0 radical (unpaired) electrons. The van der Waals surface area contributed by atoms with E-state index >= 15 is 0 Å². The van der Waals surface area contributed by atoms with Crippen molar-refractivity contribution in [2.45, 2.75) is 31.1 Å². The van der Waals surface area contributed by atoms with E-state index in [1.54, 1.807) is 18.2 Å². The highest BCUT2D eigenvalue weighted by atomic mass is 35.5. The van der Waals surface area contributed by atoms with Crippen LogP contribution in [0.4, 0.5) is 11.6 Å². The fourth-order valence-corrected chi connectivity index (χ4v) is 4.16. The summed E-state index contributed by atoms with van der Waals surface area (Å²) in [4.78, 5) is 20.4. The Labute approximate surface area is 197 Å². The lowest BCUT2D eigenvalue weighted by Gasteiger charge is -2.12. The molecule has 0 atom stereocenters. The van der Waals surface area contributed by atoms with Crippen molar-refractivity contribution in [2.75, 3.05) is 17.3 Å². The summed E-state index contributed by atoms with van der Waals surface area (Å²) in [6.45, 7) is 2.12. The average molecular weight is 490 g/mol. The van der Waals surface area contributed by atoms with Gasteiger partial charge in [-0.2, -0.15) is 4.98 Å². The number of aromatic nitrogens is 2. The van der Waals surface area contributed by atoms with Crippen molar-refractivity contribution < 1.29 is 17.9 Å².